The fourth-order valence-electron chi connectivity index (χ4n) is 5.21. The van der Waals surface area contributed by atoms with Crippen LogP contribution in [0.5, 0.6) is 0 Å². The smallest absolute Gasteiger partial charge is 0.269 e. The highest BCUT2D eigenvalue weighted by Crippen LogP contribution is 2.54. The molecule has 3 aliphatic rings. The number of aromatic nitrogens is 1. The molecule has 6 nitrogen and oxygen atoms in total. The molecule has 2 fully saturated rings. The summed E-state index contributed by atoms with van der Waals surface area (Å²) in [6, 6.07) is 3.97. The molecule has 0 unspecified atom stereocenters. The van der Waals surface area contributed by atoms with E-state index in [2.05, 4.69) is 27.3 Å². The van der Waals surface area contributed by atoms with Gasteiger partial charge in [0.15, 0.2) is 5.71 Å². The lowest BCUT2D eigenvalue weighted by atomic mass is 9.68. The third-order valence-electron chi connectivity index (χ3n) is 6.90. The molecule has 4 rings (SSSR count). The number of amides is 1. The summed E-state index contributed by atoms with van der Waals surface area (Å²) in [5, 5.41) is 7.31. The summed E-state index contributed by atoms with van der Waals surface area (Å²) < 4.78 is 0. The molecule has 152 valence electrons. The van der Waals surface area contributed by atoms with Crippen molar-refractivity contribution in [2.24, 2.45) is 16.5 Å². The molecule has 3 heterocycles. The van der Waals surface area contributed by atoms with Gasteiger partial charge in [-0.1, -0.05) is 18.5 Å². The molecule has 1 aromatic heterocycles. The van der Waals surface area contributed by atoms with E-state index in [1.807, 2.05) is 12.1 Å². The maximum Gasteiger partial charge on any atom is 0.269 e. The molecule has 28 heavy (non-hydrogen) atoms. The van der Waals surface area contributed by atoms with Crippen LogP contribution >= 0.6 is 0 Å². The number of hydrogen-bond acceptors (Lipinski definition) is 5. The molecule has 2 atom stereocenters. The van der Waals surface area contributed by atoms with Crippen molar-refractivity contribution in [3.63, 3.8) is 0 Å². The van der Waals surface area contributed by atoms with Crippen LogP contribution in [0.1, 0.15) is 51.0 Å². The van der Waals surface area contributed by atoms with E-state index in [4.69, 9.17) is 4.84 Å². The summed E-state index contributed by atoms with van der Waals surface area (Å²) in [7, 11) is 0. The van der Waals surface area contributed by atoms with Gasteiger partial charge in [0.2, 0.25) is 0 Å². The van der Waals surface area contributed by atoms with Crippen LogP contribution in [0.15, 0.2) is 29.7 Å². The van der Waals surface area contributed by atoms with Gasteiger partial charge in [0.05, 0.1) is 5.92 Å². The minimum absolute atomic E-state index is 0.0451. The standard InChI is InChI=1S/C22H32N4O2/c1-2-3-14-26-15-9-22(10-16-26)8-4-18-19(22)20(25-28-18)21(27)24-13-7-17-5-11-23-12-6-17/h5-6,11-12,18-19H,2-4,7-10,13-16H2,1H3,(H,24,27)/t18-,19+/m0/s1. The maximum atomic E-state index is 12.9. The number of nitrogens with zero attached hydrogens (tertiary/aromatic N) is 3. The molecule has 0 aromatic carbocycles. The van der Waals surface area contributed by atoms with E-state index in [1.54, 1.807) is 12.4 Å². The first-order valence-electron chi connectivity index (χ1n) is 10.8. The van der Waals surface area contributed by atoms with Gasteiger partial charge in [0.1, 0.15) is 6.10 Å². The largest absolute Gasteiger partial charge is 0.391 e. The number of rotatable bonds is 7. The number of oxime groups is 1. The van der Waals surface area contributed by atoms with Gasteiger partial charge >= 0.3 is 0 Å². The van der Waals surface area contributed by atoms with Crippen molar-refractivity contribution >= 4 is 11.6 Å². The van der Waals surface area contributed by atoms with Crippen molar-refractivity contribution in [2.75, 3.05) is 26.2 Å². The predicted octanol–water partition coefficient (Wildman–Crippen LogP) is 2.79. The van der Waals surface area contributed by atoms with Crippen LogP contribution in [0.2, 0.25) is 0 Å². The zero-order valence-corrected chi connectivity index (χ0v) is 16.9. The number of nitrogens with one attached hydrogen (secondary N) is 1. The van der Waals surface area contributed by atoms with E-state index in [-0.39, 0.29) is 23.3 Å². The van der Waals surface area contributed by atoms with Crippen LogP contribution in [0.25, 0.3) is 0 Å². The molecule has 1 amide bonds. The average molecular weight is 385 g/mol. The minimum Gasteiger partial charge on any atom is -0.391 e. The highest BCUT2D eigenvalue weighted by molar-refractivity contribution is 6.40. The first kappa shape index (κ1) is 19.4. The molecule has 1 aliphatic carbocycles. The normalized spacial score (nSPS) is 26.0. The molecule has 0 bridgehead atoms. The molecule has 0 radical (unpaired) electrons. The Morgan fingerprint density at radius 1 is 1.29 bits per heavy atom. The van der Waals surface area contributed by atoms with Gasteiger partial charge in [-0.15, -0.1) is 0 Å². The highest BCUT2D eigenvalue weighted by atomic mass is 16.6. The number of pyridine rings is 1. The number of piperidine rings is 1. The van der Waals surface area contributed by atoms with E-state index in [1.165, 1.54) is 24.9 Å². The zero-order chi connectivity index (χ0) is 19.4. The quantitative estimate of drug-likeness (QED) is 0.785. The van der Waals surface area contributed by atoms with Crippen molar-refractivity contribution in [3.05, 3.63) is 30.1 Å². The van der Waals surface area contributed by atoms with Gasteiger partial charge in [0.25, 0.3) is 5.91 Å². The number of unbranched alkanes of at least 4 members (excludes halogenated alkanes) is 1. The third-order valence-corrected chi connectivity index (χ3v) is 6.90. The lowest BCUT2D eigenvalue weighted by molar-refractivity contribution is -0.115. The molecule has 1 spiro atoms. The van der Waals surface area contributed by atoms with Crippen LogP contribution in [0.4, 0.5) is 0 Å². The first-order valence-corrected chi connectivity index (χ1v) is 10.8. The van der Waals surface area contributed by atoms with Crippen molar-refractivity contribution in [2.45, 2.75) is 58.0 Å². The van der Waals surface area contributed by atoms with E-state index in [9.17, 15) is 4.79 Å². The molecule has 1 N–H and O–H groups in total. The number of carbonyl (C=O) groups is 1. The van der Waals surface area contributed by atoms with E-state index in [0.717, 1.165) is 45.2 Å². The topological polar surface area (TPSA) is 66.8 Å². The summed E-state index contributed by atoms with van der Waals surface area (Å²) >= 11 is 0. The summed E-state index contributed by atoms with van der Waals surface area (Å²) in [4.78, 5) is 25.2. The molecule has 2 aliphatic heterocycles. The predicted molar refractivity (Wildman–Crippen MR) is 109 cm³/mol. The van der Waals surface area contributed by atoms with Gasteiger partial charge in [0, 0.05) is 18.9 Å². The SMILES string of the molecule is CCCCN1CCC2(CC[C@@H]3ON=C(C(=O)NCCc4ccncc4)[C@@H]32)CC1. The average Bonchev–Trinajstić information content (AvgIpc) is 3.30. The molecule has 1 saturated heterocycles. The Morgan fingerprint density at radius 3 is 2.82 bits per heavy atom. The summed E-state index contributed by atoms with van der Waals surface area (Å²) in [5.41, 5.74) is 2.01. The van der Waals surface area contributed by atoms with Crippen molar-refractivity contribution in [1.29, 1.82) is 0 Å². The Balaban J connectivity index is 1.34. The number of hydrogen-bond donors (Lipinski definition) is 1. The van der Waals surface area contributed by atoms with E-state index in [0.29, 0.717) is 12.3 Å². The van der Waals surface area contributed by atoms with Crippen LogP contribution in [0, 0.1) is 11.3 Å². The van der Waals surface area contributed by atoms with Crippen molar-refractivity contribution in [3.8, 4) is 0 Å². The number of carbonyl (C=O) groups excluding carboxylic acids is 1. The van der Waals surface area contributed by atoms with Gasteiger partial charge in [-0.25, -0.2) is 0 Å². The van der Waals surface area contributed by atoms with Crippen molar-refractivity contribution in [1.82, 2.24) is 15.2 Å². The van der Waals surface area contributed by atoms with Crippen molar-refractivity contribution < 1.29 is 9.63 Å². The van der Waals surface area contributed by atoms with Crippen LogP contribution in [-0.2, 0) is 16.1 Å². The molecule has 6 heteroatoms. The molecule has 1 aromatic rings. The van der Waals surface area contributed by atoms with E-state index < -0.39 is 0 Å². The number of fused-ring (bicyclic) bond motifs is 2. The number of likely N-dealkylation sites (tertiary alicyclic amines) is 1. The lowest BCUT2D eigenvalue weighted by Gasteiger charge is -2.42. The first-order chi connectivity index (χ1) is 13.7. The second-order valence-electron chi connectivity index (χ2n) is 8.56. The molecule has 1 saturated carbocycles. The summed E-state index contributed by atoms with van der Waals surface area (Å²) in [6.45, 7) is 6.34. The van der Waals surface area contributed by atoms with Crippen LogP contribution < -0.4 is 5.32 Å². The van der Waals surface area contributed by atoms with Crippen LogP contribution in [-0.4, -0.2) is 53.8 Å². The van der Waals surface area contributed by atoms with E-state index >= 15 is 0 Å². The van der Waals surface area contributed by atoms with Gasteiger partial charge in [-0.3, -0.25) is 9.78 Å². The Kier molecular flexibility index (Phi) is 5.95. The lowest BCUT2D eigenvalue weighted by Crippen LogP contribution is -2.48. The molecular weight excluding hydrogens is 352 g/mol. The Hall–Kier alpha value is -1.95. The van der Waals surface area contributed by atoms with Gasteiger partial charge in [-0.05, 0) is 81.3 Å². The fourth-order valence-corrected chi connectivity index (χ4v) is 5.21. The highest BCUT2D eigenvalue weighted by Gasteiger charge is 2.56. The minimum atomic E-state index is -0.0451. The molecular formula is C22H32N4O2. The van der Waals surface area contributed by atoms with Crippen LogP contribution in [0.3, 0.4) is 0 Å². The Morgan fingerprint density at radius 2 is 2.07 bits per heavy atom. The second-order valence-corrected chi connectivity index (χ2v) is 8.56. The monoisotopic (exact) mass is 384 g/mol. The fraction of sp³-hybridized carbons (Fsp3) is 0.682. The second kappa shape index (κ2) is 8.60. The van der Waals surface area contributed by atoms with Gasteiger partial charge in [-0.2, -0.15) is 0 Å². The van der Waals surface area contributed by atoms with Gasteiger partial charge < -0.3 is 15.1 Å². The summed E-state index contributed by atoms with van der Waals surface area (Å²) in [6.07, 6.45) is 11.5. The zero-order valence-electron chi connectivity index (χ0n) is 16.9. The summed E-state index contributed by atoms with van der Waals surface area (Å²) in [5.74, 6) is 0.123. The maximum absolute atomic E-state index is 12.9. The Labute approximate surface area is 167 Å². The third kappa shape index (κ3) is 3.93. The Bertz CT molecular complexity index is 698.